The molecule has 180 valence electrons. The summed E-state index contributed by atoms with van der Waals surface area (Å²) >= 11 is 0. The van der Waals surface area contributed by atoms with Gasteiger partial charge in [-0.15, -0.1) is 0 Å². The number of carbonyl (C=O) groups excluding carboxylic acids is 1. The maximum Gasteiger partial charge on any atom is 0.322 e. The Morgan fingerprint density at radius 1 is 1.18 bits per heavy atom. The van der Waals surface area contributed by atoms with Crippen molar-refractivity contribution in [1.29, 1.82) is 0 Å². The highest BCUT2D eigenvalue weighted by Crippen LogP contribution is 2.20. The monoisotopic (exact) mass is 466 g/mol. The zero-order valence-electron chi connectivity index (χ0n) is 19.7. The van der Waals surface area contributed by atoms with Gasteiger partial charge in [0.05, 0.1) is 31.0 Å². The molecule has 0 aliphatic carbocycles. The Morgan fingerprint density at radius 2 is 1.94 bits per heavy atom. The summed E-state index contributed by atoms with van der Waals surface area (Å²) in [6.07, 6.45) is 0.731. The molecule has 3 aromatic rings. The van der Waals surface area contributed by atoms with Gasteiger partial charge in [-0.05, 0) is 55.0 Å². The number of aryl methyl sites for hydroxylation is 2. The van der Waals surface area contributed by atoms with E-state index in [1.807, 2.05) is 32.0 Å². The summed E-state index contributed by atoms with van der Waals surface area (Å²) in [4.78, 5) is 32.9. The maximum atomic E-state index is 14.1. The molecule has 1 aromatic heterocycles. The molecule has 1 fully saturated rings. The van der Waals surface area contributed by atoms with Gasteiger partial charge in [0.2, 0.25) is 0 Å². The zero-order chi connectivity index (χ0) is 24.1. The van der Waals surface area contributed by atoms with Gasteiger partial charge in [-0.1, -0.05) is 24.3 Å². The number of H-pyrrole nitrogens is 1. The third kappa shape index (κ3) is 5.63. The van der Waals surface area contributed by atoms with Gasteiger partial charge in [-0.25, -0.2) is 9.18 Å². The second-order valence-electron chi connectivity index (χ2n) is 8.73. The molecule has 8 heteroatoms. The van der Waals surface area contributed by atoms with Crippen LogP contribution in [0.1, 0.15) is 23.1 Å². The fraction of sp³-hybridized carbons (Fsp3) is 0.385. The van der Waals surface area contributed by atoms with Crippen LogP contribution in [0.5, 0.6) is 0 Å². The predicted molar refractivity (Wildman–Crippen MR) is 132 cm³/mol. The highest BCUT2D eigenvalue weighted by molar-refractivity contribution is 5.89. The first-order valence-corrected chi connectivity index (χ1v) is 11.6. The Bertz CT molecular complexity index is 1220. The quantitative estimate of drug-likeness (QED) is 0.551. The Labute approximate surface area is 198 Å². The number of aromatic nitrogens is 1. The molecule has 2 N–H and O–H groups in total. The summed E-state index contributed by atoms with van der Waals surface area (Å²) in [5.41, 5.74) is 3.32. The lowest BCUT2D eigenvalue weighted by atomic mass is 10.0. The van der Waals surface area contributed by atoms with Crippen LogP contribution in [-0.2, 0) is 11.3 Å². The number of pyridine rings is 1. The minimum absolute atomic E-state index is 0.115. The van der Waals surface area contributed by atoms with Gasteiger partial charge < -0.3 is 19.9 Å². The summed E-state index contributed by atoms with van der Waals surface area (Å²) in [7, 11) is 0. The molecule has 1 aliphatic heterocycles. The number of benzene rings is 2. The number of nitrogens with zero attached hydrogens (tertiary/aromatic N) is 2. The van der Waals surface area contributed by atoms with Crippen LogP contribution in [-0.4, -0.2) is 60.2 Å². The molecule has 0 saturated carbocycles. The number of aromatic amines is 1. The lowest BCUT2D eigenvalue weighted by Crippen LogP contribution is -2.40. The molecule has 2 aromatic carbocycles. The van der Waals surface area contributed by atoms with Crippen LogP contribution in [0.15, 0.2) is 47.3 Å². The molecule has 7 nitrogen and oxygen atoms in total. The standard InChI is InChI=1S/C26H31FN4O3/c1-18-8-9-20-16-21(25(32)29-24(20)19(18)2)17-31(11-5-10-30-12-14-34-15-13-30)26(33)28-23-7-4-3-6-22(23)27/h3-4,6-9,16H,5,10-15,17H2,1-2H3,(H,28,33)(H,29,32). The van der Waals surface area contributed by atoms with Gasteiger partial charge in [0.1, 0.15) is 5.82 Å². The molecule has 4 rings (SSSR count). The third-order valence-electron chi connectivity index (χ3n) is 6.40. The van der Waals surface area contributed by atoms with Crippen molar-refractivity contribution in [1.82, 2.24) is 14.8 Å². The zero-order valence-corrected chi connectivity index (χ0v) is 19.7. The fourth-order valence-electron chi connectivity index (χ4n) is 4.21. The average Bonchev–Trinajstić information content (AvgIpc) is 2.84. The summed E-state index contributed by atoms with van der Waals surface area (Å²) in [6, 6.07) is 11.5. The number of halogens is 1. The number of morpholine rings is 1. The molecule has 1 saturated heterocycles. The number of para-hydroxylation sites is 1. The highest BCUT2D eigenvalue weighted by Gasteiger charge is 2.19. The van der Waals surface area contributed by atoms with Crippen LogP contribution in [0.2, 0.25) is 0 Å². The third-order valence-corrected chi connectivity index (χ3v) is 6.40. The van der Waals surface area contributed by atoms with Crippen molar-refractivity contribution >= 4 is 22.6 Å². The van der Waals surface area contributed by atoms with Gasteiger partial charge in [0.15, 0.2) is 0 Å². The van der Waals surface area contributed by atoms with E-state index in [1.165, 1.54) is 12.1 Å². The van der Waals surface area contributed by atoms with E-state index in [1.54, 1.807) is 17.0 Å². The van der Waals surface area contributed by atoms with E-state index >= 15 is 0 Å². The van der Waals surface area contributed by atoms with Crippen LogP contribution in [0, 0.1) is 19.7 Å². The topological polar surface area (TPSA) is 77.7 Å². The molecule has 0 bridgehead atoms. The Balaban J connectivity index is 1.54. The number of ether oxygens (including phenoxy) is 1. The molecule has 2 amide bonds. The largest absolute Gasteiger partial charge is 0.379 e. The van der Waals surface area contributed by atoms with Crippen molar-refractivity contribution in [2.45, 2.75) is 26.8 Å². The second kappa shape index (κ2) is 10.8. The summed E-state index contributed by atoms with van der Waals surface area (Å²) in [6.45, 7) is 8.51. The van der Waals surface area contributed by atoms with Crippen molar-refractivity contribution < 1.29 is 13.9 Å². The van der Waals surface area contributed by atoms with Crippen molar-refractivity contribution in [2.24, 2.45) is 0 Å². The van der Waals surface area contributed by atoms with E-state index in [0.29, 0.717) is 25.3 Å². The van der Waals surface area contributed by atoms with Gasteiger partial charge >= 0.3 is 6.03 Å². The Hall–Kier alpha value is -3.23. The van der Waals surface area contributed by atoms with Crippen molar-refractivity contribution in [3.63, 3.8) is 0 Å². The van der Waals surface area contributed by atoms with Gasteiger partial charge in [0, 0.05) is 31.7 Å². The minimum atomic E-state index is -0.501. The number of hydrogen-bond donors (Lipinski definition) is 2. The number of amides is 2. The van der Waals surface area contributed by atoms with E-state index in [-0.39, 0.29) is 17.8 Å². The first-order chi connectivity index (χ1) is 16.4. The highest BCUT2D eigenvalue weighted by atomic mass is 19.1. The molecule has 0 atom stereocenters. The second-order valence-corrected chi connectivity index (χ2v) is 8.73. The first-order valence-electron chi connectivity index (χ1n) is 11.6. The lowest BCUT2D eigenvalue weighted by molar-refractivity contribution is 0.0365. The van der Waals surface area contributed by atoms with Gasteiger partial charge in [-0.2, -0.15) is 0 Å². The number of nitrogens with one attached hydrogen (secondary N) is 2. The van der Waals surface area contributed by atoms with Crippen molar-refractivity contribution in [3.05, 3.63) is 75.3 Å². The number of hydrogen-bond acceptors (Lipinski definition) is 4. The summed E-state index contributed by atoms with van der Waals surface area (Å²) in [5, 5.41) is 3.58. The van der Waals surface area contributed by atoms with Gasteiger partial charge in [0.25, 0.3) is 5.56 Å². The van der Waals surface area contributed by atoms with E-state index < -0.39 is 11.8 Å². The molecule has 0 unspecified atom stereocenters. The lowest BCUT2D eigenvalue weighted by Gasteiger charge is -2.28. The van der Waals surface area contributed by atoms with Crippen LogP contribution >= 0.6 is 0 Å². The summed E-state index contributed by atoms with van der Waals surface area (Å²) in [5.74, 6) is -0.501. The van der Waals surface area contributed by atoms with Crippen LogP contribution in [0.3, 0.4) is 0 Å². The number of urea groups is 1. The molecule has 1 aliphatic rings. The smallest absolute Gasteiger partial charge is 0.322 e. The summed E-state index contributed by atoms with van der Waals surface area (Å²) < 4.78 is 19.5. The SMILES string of the molecule is Cc1ccc2cc(CN(CCCN3CCOCC3)C(=O)Nc3ccccc3F)c(=O)[nH]c2c1C. The number of anilines is 1. The Morgan fingerprint density at radius 3 is 2.71 bits per heavy atom. The van der Waals surface area contributed by atoms with Crippen molar-refractivity contribution in [3.8, 4) is 0 Å². The first kappa shape index (κ1) is 23.9. The number of fused-ring (bicyclic) bond motifs is 1. The van der Waals surface area contributed by atoms with E-state index in [4.69, 9.17) is 4.74 Å². The normalized spacial score (nSPS) is 14.3. The average molecular weight is 467 g/mol. The number of carbonyl (C=O) groups is 1. The molecule has 0 spiro atoms. The minimum Gasteiger partial charge on any atom is -0.379 e. The fourth-order valence-corrected chi connectivity index (χ4v) is 4.21. The maximum absolute atomic E-state index is 14.1. The van der Waals surface area contributed by atoms with Crippen LogP contribution in [0.25, 0.3) is 10.9 Å². The van der Waals surface area contributed by atoms with Gasteiger partial charge in [-0.3, -0.25) is 9.69 Å². The van der Waals surface area contributed by atoms with Crippen molar-refractivity contribution in [2.75, 3.05) is 44.7 Å². The van der Waals surface area contributed by atoms with Crippen LogP contribution < -0.4 is 10.9 Å². The molecular formula is C26H31FN4O3. The van der Waals surface area contributed by atoms with E-state index in [2.05, 4.69) is 15.2 Å². The molecule has 2 heterocycles. The Kier molecular flexibility index (Phi) is 7.59. The van der Waals surface area contributed by atoms with E-state index in [9.17, 15) is 14.0 Å². The van der Waals surface area contributed by atoms with E-state index in [0.717, 1.165) is 48.1 Å². The molecular weight excluding hydrogens is 435 g/mol. The number of rotatable bonds is 7. The molecule has 34 heavy (non-hydrogen) atoms. The van der Waals surface area contributed by atoms with Crippen LogP contribution in [0.4, 0.5) is 14.9 Å². The molecule has 0 radical (unpaired) electrons. The predicted octanol–water partition coefficient (Wildman–Crippen LogP) is 4.04.